The maximum Gasteiger partial charge on any atom is 0.407 e. The van der Waals surface area contributed by atoms with E-state index in [0.29, 0.717) is 12.8 Å². The zero-order chi connectivity index (χ0) is 24.3. The number of carbonyl (C=O) groups excluding carboxylic acids is 2. The number of hydrogen-bond acceptors (Lipinski definition) is 5. The molecule has 2 aliphatic carbocycles. The number of carbonyl (C=O) groups is 3. The summed E-state index contributed by atoms with van der Waals surface area (Å²) >= 11 is 0. The summed E-state index contributed by atoms with van der Waals surface area (Å²) < 4.78 is 5.63. The number of carboxylic acids is 1. The molecule has 0 aliphatic heterocycles. The lowest BCUT2D eigenvalue weighted by atomic mass is 9.83. The standard InChI is InChI=1S/C26H30N2O6/c1-26(24(32)27-14-12-21(29)23(30)31)13-6-11-22(26)28-25(33)34-15-20-18-9-4-2-7-16(18)17-8-3-5-10-19(17)20/h2-5,7-10,20-22,29H,6,11-15H2,1H3,(H,27,32)(H,28,33)(H,30,31). The van der Waals surface area contributed by atoms with E-state index in [-0.39, 0.29) is 31.4 Å². The number of alkyl carbamates (subject to hydrolysis) is 1. The van der Waals surface area contributed by atoms with Crippen molar-refractivity contribution in [3.63, 3.8) is 0 Å². The Labute approximate surface area is 198 Å². The van der Waals surface area contributed by atoms with Crippen LogP contribution in [-0.4, -0.2) is 53.5 Å². The van der Waals surface area contributed by atoms with Crippen LogP contribution in [0.3, 0.4) is 0 Å². The molecule has 8 nitrogen and oxygen atoms in total. The number of aliphatic carboxylic acids is 1. The first-order valence-corrected chi connectivity index (χ1v) is 11.6. The van der Waals surface area contributed by atoms with Crippen LogP contribution >= 0.6 is 0 Å². The van der Waals surface area contributed by atoms with Gasteiger partial charge < -0.3 is 25.6 Å². The van der Waals surface area contributed by atoms with E-state index in [1.807, 2.05) is 24.3 Å². The molecule has 8 heteroatoms. The van der Waals surface area contributed by atoms with Gasteiger partial charge in [0.05, 0.1) is 5.41 Å². The average Bonchev–Trinajstić information content (AvgIpc) is 3.36. The third-order valence-electron chi connectivity index (χ3n) is 7.10. The Morgan fingerprint density at radius 1 is 1.09 bits per heavy atom. The lowest BCUT2D eigenvalue weighted by Crippen LogP contribution is -2.51. The van der Waals surface area contributed by atoms with E-state index < -0.39 is 29.6 Å². The number of rotatable bonds is 8. The second-order valence-electron chi connectivity index (χ2n) is 9.23. The number of fused-ring (bicyclic) bond motifs is 3. The Morgan fingerprint density at radius 3 is 2.32 bits per heavy atom. The first-order valence-electron chi connectivity index (χ1n) is 11.6. The highest BCUT2D eigenvalue weighted by atomic mass is 16.5. The molecule has 2 aliphatic rings. The largest absolute Gasteiger partial charge is 0.479 e. The zero-order valence-corrected chi connectivity index (χ0v) is 19.1. The molecule has 0 saturated heterocycles. The van der Waals surface area contributed by atoms with Gasteiger partial charge in [-0.3, -0.25) is 4.79 Å². The van der Waals surface area contributed by atoms with Crippen molar-refractivity contribution in [3.05, 3.63) is 59.7 Å². The number of benzene rings is 2. The van der Waals surface area contributed by atoms with E-state index in [1.165, 1.54) is 0 Å². The lowest BCUT2D eigenvalue weighted by molar-refractivity contribution is -0.147. The van der Waals surface area contributed by atoms with Crippen LogP contribution in [0.1, 0.15) is 49.7 Å². The maximum atomic E-state index is 12.8. The molecule has 4 rings (SSSR count). The number of carboxylic acid groups (broad SMARTS) is 1. The van der Waals surface area contributed by atoms with E-state index in [4.69, 9.17) is 9.84 Å². The molecule has 0 heterocycles. The van der Waals surface area contributed by atoms with Crippen molar-refractivity contribution in [2.75, 3.05) is 13.2 Å². The molecule has 34 heavy (non-hydrogen) atoms. The topological polar surface area (TPSA) is 125 Å². The minimum Gasteiger partial charge on any atom is -0.479 e. The predicted molar refractivity (Wildman–Crippen MR) is 125 cm³/mol. The second kappa shape index (κ2) is 9.85. The lowest BCUT2D eigenvalue weighted by Gasteiger charge is -2.30. The number of ether oxygens (including phenoxy) is 1. The molecular formula is C26H30N2O6. The molecule has 4 N–H and O–H groups in total. The van der Waals surface area contributed by atoms with Crippen molar-refractivity contribution < 1.29 is 29.3 Å². The number of aliphatic hydroxyl groups is 1. The molecule has 3 unspecified atom stereocenters. The summed E-state index contributed by atoms with van der Waals surface area (Å²) in [4.78, 5) is 36.3. The normalized spacial score (nSPS) is 21.9. The quantitative estimate of drug-likeness (QED) is 0.474. The molecule has 180 valence electrons. The van der Waals surface area contributed by atoms with E-state index in [2.05, 4.69) is 34.9 Å². The highest BCUT2D eigenvalue weighted by Crippen LogP contribution is 2.44. The molecule has 3 atom stereocenters. The fourth-order valence-corrected chi connectivity index (χ4v) is 5.10. The van der Waals surface area contributed by atoms with Gasteiger partial charge in [0.2, 0.25) is 5.91 Å². The van der Waals surface area contributed by atoms with Crippen LogP contribution < -0.4 is 10.6 Å². The van der Waals surface area contributed by atoms with Crippen LogP contribution in [0, 0.1) is 5.41 Å². The van der Waals surface area contributed by atoms with Gasteiger partial charge in [-0.25, -0.2) is 9.59 Å². The Hall–Kier alpha value is -3.39. The van der Waals surface area contributed by atoms with Crippen molar-refractivity contribution in [1.82, 2.24) is 10.6 Å². The highest BCUT2D eigenvalue weighted by Gasteiger charge is 2.46. The molecule has 2 aromatic carbocycles. The SMILES string of the molecule is CC1(C(=O)NCCC(O)C(=O)O)CCCC1NC(=O)OCC1c2ccccc2-c2ccccc21. The zero-order valence-electron chi connectivity index (χ0n) is 19.1. The molecule has 2 amide bonds. The average molecular weight is 467 g/mol. The van der Waals surface area contributed by atoms with E-state index in [1.54, 1.807) is 6.92 Å². The van der Waals surface area contributed by atoms with Crippen LogP contribution in [0.4, 0.5) is 4.79 Å². The number of aliphatic hydroxyl groups excluding tert-OH is 1. The Kier molecular flexibility index (Phi) is 6.88. The monoisotopic (exact) mass is 466 g/mol. The van der Waals surface area contributed by atoms with Gasteiger partial charge >= 0.3 is 12.1 Å². The summed E-state index contributed by atoms with van der Waals surface area (Å²) in [5, 5.41) is 23.7. The second-order valence-corrected chi connectivity index (χ2v) is 9.23. The van der Waals surface area contributed by atoms with Crippen LogP contribution in [-0.2, 0) is 14.3 Å². The van der Waals surface area contributed by atoms with Crippen molar-refractivity contribution in [2.45, 2.75) is 50.7 Å². The summed E-state index contributed by atoms with van der Waals surface area (Å²) in [6.45, 7) is 2.03. The predicted octanol–water partition coefficient (Wildman–Crippen LogP) is 3.04. The fourth-order valence-electron chi connectivity index (χ4n) is 5.10. The van der Waals surface area contributed by atoms with Gasteiger partial charge in [0.15, 0.2) is 6.10 Å². The summed E-state index contributed by atoms with van der Waals surface area (Å²) in [6.07, 6.45) is -0.154. The van der Waals surface area contributed by atoms with E-state index >= 15 is 0 Å². The molecule has 0 bridgehead atoms. The van der Waals surface area contributed by atoms with Gasteiger partial charge in [-0.15, -0.1) is 0 Å². The molecule has 2 aromatic rings. The fraction of sp³-hybridized carbons (Fsp3) is 0.423. The van der Waals surface area contributed by atoms with E-state index in [0.717, 1.165) is 28.7 Å². The van der Waals surface area contributed by atoms with Gasteiger partial charge in [-0.2, -0.15) is 0 Å². The number of hydrogen-bond donors (Lipinski definition) is 4. The smallest absolute Gasteiger partial charge is 0.407 e. The summed E-state index contributed by atoms with van der Waals surface area (Å²) in [5.41, 5.74) is 3.73. The first kappa shape index (κ1) is 23.8. The van der Waals surface area contributed by atoms with Gasteiger partial charge in [0.25, 0.3) is 0 Å². The highest BCUT2D eigenvalue weighted by molar-refractivity contribution is 5.84. The third-order valence-corrected chi connectivity index (χ3v) is 7.10. The van der Waals surface area contributed by atoms with Crippen LogP contribution in [0.2, 0.25) is 0 Å². The van der Waals surface area contributed by atoms with Crippen LogP contribution in [0.5, 0.6) is 0 Å². The van der Waals surface area contributed by atoms with Crippen molar-refractivity contribution >= 4 is 18.0 Å². The summed E-state index contributed by atoms with van der Waals surface area (Å²) in [7, 11) is 0. The van der Waals surface area contributed by atoms with Crippen molar-refractivity contribution in [2.24, 2.45) is 5.41 Å². The van der Waals surface area contributed by atoms with Crippen LogP contribution in [0.15, 0.2) is 48.5 Å². The van der Waals surface area contributed by atoms with Gasteiger partial charge in [-0.05, 0) is 42.0 Å². The van der Waals surface area contributed by atoms with Gasteiger partial charge in [-0.1, -0.05) is 55.0 Å². The maximum absolute atomic E-state index is 12.8. The molecule has 1 fully saturated rings. The van der Waals surface area contributed by atoms with E-state index in [9.17, 15) is 19.5 Å². The number of nitrogens with one attached hydrogen (secondary N) is 2. The summed E-state index contributed by atoms with van der Waals surface area (Å²) in [5.74, 6) is -1.64. The van der Waals surface area contributed by atoms with Gasteiger partial charge in [0.1, 0.15) is 6.61 Å². The molecule has 0 aromatic heterocycles. The minimum atomic E-state index is -1.52. The van der Waals surface area contributed by atoms with Crippen molar-refractivity contribution in [3.8, 4) is 11.1 Å². The number of amides is 2. The Bertz CT molecular complexity index is 1040. The molecular weight excluding hydrogens is 436 g/mol. The molecule has 0 spiro atoms. The minimum absolute atomic E-state index is 0.0412. The third kappa shape index (κ3) is 4.63. The van der Waals surface area contributed by atoms with Crippen LogP contribution in [0.25, 0.3) is 11.1 Å². The molecule has 1 saturated carbocycles. The Morgan fingerprint density at radius 2 is 1.71 bits per heavy atom. The Balaban J connectivity index is 1.35. The summed E-state index contributed by atoms with van der Waals surface area (Å²) in [6, 6.07) is 15.8. The molecule has 0 radical (unpaired) electrons. The first-order chi connectivity index (χ1) is 16.3. The van der Waals surface area contributed by atoms with Crippen molar-refractivity contribution in [1.29, 1.82) is 0 Å². The van der Waals surface area contributed by atoms with Gasteiger partial charge in [0, 0.05) is 24.9 Å².